The number of carbonyl (C=O) groups is 2. The third-order valence-electron chi connectivity index (χ3n) is 1.72. The second kappa shape index (κ2) is 6.19. The second-order valence-corrected chi connectivity index (χ2v) is 2.93. The molecule has 0 radical (unpaired) electrons. The Morgan fingerprint density at radius 2 is 1.69 bits per heavy atom. The molecule has 16 heavy (non-hydrogen) atoms. The molecule has 0 saturated carbocycles. The monoisotopic (exact) mass is 216 g/mol. The molecule has 0 saturated heterocycles. The lowest BCUT2D eigenvalue weighted by Gasteiger charge is -2.00. The maximum atomic E-state index is 11.2. The molecule has 2 amide bonds. The van der Waals surface area contributed by atoms with Gasteiger partial charge in [0.05, 0.1) is 0 Å². The van der Waals surface area contributed by atoms with Crippen LogP contribution in [0.2, 0.25) is 0 Å². The number of nitrogens with one attached hydrogen (secondary N) is 2. The maximum Gasteiger partial charge on any atom is 0.262 e. The fourth-order valence-electron chi connectivity index (χ4n) is 0.952. The molecular weight excluding hydrogens is 204 g/mol. The van der Waals surface area contributed by atoms with E-state index >= 15 is 0 Å². The summed E-state index contributed by atoms with van der Waals surface area (Å²) in [5.74, 6) is -0.861. The van der Waals surface area contributed by atoms with Crippen molar-refractivity contribution in [3.05, 3.63) is 54.6 Å². The number of hydrogen-bond donors (Lipinski definition) is 2. The van der Waals surface area contributed by atoms with Crippen LogP contribution in [0, 0.1) is 0 Å². The molecule has 0 aliphatic heterocycles. The van der Waals surface area contributed by atoms with Crippen molar-refractivity contribution in [1.82, 2.24) is 10.9 Å². The summed E-state index contributed by atoms with van der Waals surface area (Å²) >= 11 is 0. The molecule has 0 fully saturated rings. The third-order valence-corrected chi connectivity index (χ3v) is 1.72. The van der Waals surface area contributed by atoms with E-state index in [2.05, 4.69) is 17.4 Å². The summed E-state index contributed by atoms with van der Waals surface area (Å²) in [5.41, 5.74) is 5.28. The molecule has 0 spiro atoms. The van der Waals surface area contributed by atoms with Crippen LogP contribution in [0.15, 0.2) is 49.1 Å². The Balaban J connectivity index is 2.43. The molecular formula is C12H12N2O2. The topological polar surface area (TPSA) is 58.2 Å². The van der Waals surface area contributed by atoms with E-state index < -0.39 is 11.8 Å². The standard InChI is InChI=1S/C12H12N2O2/c1-2-11(15)13-14-12(16)9-8-10-6-4-3-5-7-10/h2-9H,1H2,(H,13,15)(H,14,16)/b9-8+. The molecule has 0 unspecified atom stereocenters. The van der Waals surface area contributed by atoms with E-state index in [1.807, 2.05) is 30.3 Å². The minimum Gasteiger partial charge on any atom is -0.268 e. The smallest absolute Gasteiger partial charge is 0.262 e. The van der Waals surface area contributed by atoms with Crippen LogP contribution in [0.1, 0.15) is 5.56 Å². The van der Waals surface area contributed by atoms with Crippen LogP contribution in [0.3, 0.4) is 0 Å². The second-order valence-electron chi connectivity index (χ2n) is 2.93. The van der Waals surface area contributed by atoms with Gasteiger partial charge in [0.25, 0.3) is 11.8 Å². The Labute approximate surface area is 93.6 Å². The van der Waals surface area contributed by atoms with Crippen LogP contribution in [-0.4, -0.2) is 11.8 Å². The minimum atomic E-state index is -0.457. The predicted molar refractivity (Wildman–Crippen MR) is 62.0 cm³/mol. The Hall–Kier alpha value is -2.36. The van der Waals surface area contributed by atoms with Crippen molar-refractivity contribution in [2.24, 2.45) is 0 Å². The maximum absolute atomic E-state index is 11.2. The average molecular weight is 216 g/mol. The molecule has 2 N–H and O–H groups in total. The van der Waals surface area contributed by atoms with Gasteiger partial charge in [-0.25, -0.2) is 0 Å². The van der Waals surface area contributed by atoms with E-state index in [0.29, 0.717) is 0 Å². The molecule has 4 nitrogen and oxygen atoms in total. The third kappa shape index (κ3) is 4.23. The molecule has 0 bridgehead atoms. The van der Waals surface area contributed by atoms with Gasteiger partial charge < -0.3 is 0 Å². The van der Waals surface area contributed by atoms with Gasteiger partial charge in [-0.3, -0.25) is 20.4 Å². The Bertz CT molecular complexity index is 410. The first-order valence-electron chi connectivity index (χ1n) is 4.68. The number of benzene rings is 1. The van der Waals surface area contributed by atoms with E-state index in [4.69, 9.17) is 0 Å². The van der Waals surface area contributed by atoms with E-state index in [0.717, 1.165) is 11.6 Å². The first kappa shape index (κ1) is 11.7. The van der Waals surface area contributed by atoms with Gasteiger partial charge in [-0.05, 0) is 17.7 Å². The van der Waals surface area contributed by atoms with Crippen LogP contribution in [-0.2, 0) is 9.59 Å². The molecule has 0 aromatic heterocycles. The normalized spacial score (nSPS) is 9.75. The minimum absolute atomic E-state index is 0.404. The van der Waals surface area contributed by atoms with E-state index in [1.54, 1.807) is 6.08 Å². The summed E-state index contributed by atoms with van der Waals surface area (Å²) in [7, 11) is 0. The summed E-state index contributed by atoms with van der Waals surface area (Å²) in [6.07, 6.45) is 4.05. The van der Waals surface area contributed by atoms with Crippen LogP contribution in [0.25, 0.3) is 6.08 Å². The summed E-state index contributed by atoms with van der Waals surface area (Å²) in [6.45, 7) is 3.25. The molecule has 0 atom stereocenters. The number of amides is 2. The zero-order valence-corrected chi connectivity index (χ0v) is 8.64. The molecule has 82 valence electrons. The van der Waals surface area contributed by atoms with Crippen molar-refractivity contribution in [3.8, 4) is 0 Å². The highest BCUT2D eigenvalue weighted by Gasteiger charge is 1.96. The summed E-state index contributed by atoms with van der Waals surface area (Å²) in [5, 5.41) is 0. The number of hydrazine groups is 1. The van der Waals surface area contributed by atoms with Crippen LogP contribution in [0.4, 0.5) is 0 Å². The first-order valence-corrected chi connectivity index (χ1v) is 4.68. The van der Waals surface area contributed by atoms with E-state index in [-0.39, 0.29) is 0 Å². The van der Waals surface area contributed by atoms with Gasteiger partial charge in [0.1, 0.15) is 0 Å². The lowest BCUT2D eigenvalue weighted by Crippen LogP contribution is -2.39. The molecule has 0 heterocycles. The first-order chi connectivity index (χ1) is 7.72. The molecule has 1 aromatic carbocycles. The molecule has 4 heteroatoms. The highest BCUT2D eigenvalue weighted by Crippen LogP contribution is 1.99. The lowest BCUT2D eigenvalue weighted by atomic mass is 10.2. The number of carbonyl (C=O) groups excluding carboxylic acids is 2. The van der Waals surface area contributed by atoms with Gasteiger partial charge in [-0.15, -0.1) is 0 Å². The molecule has 0 aliphatic rings. The van der Waals surface area contributed by atoms with Gasteiger partial charge in [0.2, 0.25) is 0 Å². The van der Waals surface area contributed by atoms with Crippen molar-refractivity contribution < 1.29 is 9.59 Å². The van der Waals surface area contributed by atoms with Gasteiger partial charge in [0.15, 0.2) is 0 Å². The highest BCUT2D eigenvalue weighted by molar-refractivity contribution is 5.94. The van der Waals surface area contributed by atoms with Gasteiger partial charge in [-0.1, -0.05) is 36.9 Å². The Kier molecular flexibility index (Phi) is 4.53. The van der Waals surface area contributed by atoms with Crippen molar-refractivity contribution >= 4 is 17.9 Å². The largest absolute Gasteiger partial charge is 0.268 e. The highest BCUT2D eigenvalue weighted by atomic mass is 16.2. The fraction of sp³-hybridized carbons (Fsp3) is 0. The summed E-state index contributed by atoms with van der Waals surface area (Å²) in [4.78, 5) is 21.9. The van der Waals surface area contributed by atoms with Crippen molar-refractivity contribution in [2.75, 3.05) is 0 Å². The average Bonchev–Trinajstić information content (AvgIpc) is 2.34. The van der Waals surface area contributed by atoms with Gasteiger partial charge >= 0.3 is 0 Å². The SMILES string of the molecule is C=CC(=O)NNC(=O)/C=C/c1ccccc1. The summed E-state index contributed by atoms with van der Waals surface area (Å²) in [6, 6.07) is 9.37. The summed E-state index contributed by atoms with van der Waals surface area (Å²) < 4.78 is 0. The fourth-order valence-corrected chi connectivity index (χ4v) is 0.952. The van der Waals surface area contributed by atoms with Crippen LogP contribution >= 0.6 is 0 Å². The van der Waals surface area contributed by atoms with Crippen molar-refractivity contribution in [1.29, 1.82) is 0 Å². The van der Waals surface area contributed by atoms with Crippen molar-refractivity contribution in [2.45, 2.75) is 0 Å². The number of hydrogen-bond acceptors (Lipinski definition) is 2. The Morgan fingerprint density at radius 3 is 2.31 bits per heavy atom. The zero-order chi connectivity index (χ0) is 11.8. The van der Waals surface area contributed by atoms with Crippen LogP contribution in [0.5, 0.6) is 0 Å². The van der Waals surface area contributed by atoms with Crippen LogP contribution < -0.4 is 10.9 Å². The zero-order valence-electron chi connectivity index (χ0n) is 8.64. The lowest BCUT2D eigenvalue weighted by molar-refractivity contribution is -0.123. The number of rotatable bonds is 3. The van der Waals surface area contributed by atoms with Gasteiger partial charge in [0, 0.05) is 6.08 Å². The Morgan fingerprint density at radius 1 is 1.06 bits per heavy atom. The molecule has 1 rings (SSSR count). The van der Waals surface area contributed by atoms with E-state index in [1.165, 1.54) is 6.08 Å². The quantitative estimate of drug-likeness (QED) is 0.585. The van der Waals surface area contributed by atoms with Crippen molar-refractivity contribution in [3.63, 3.8) is 0 Å². The molecule has 1 aromatic rings. The molecule has 0 aliphatic carbocycles. The van der Waals surface area contributed by atoms with Gasteiger partial charge in [-0.2, -0.15) is 0 Å². The predicted octanol–water partition coefficient (Wildman–Crippen LogP) is 1.03. The van der Waals surface area contributed by atoms with E-state index in [9.17, 15) is 9.59 Å².